The van der Waals surface area contributed by atoms with E-state index >= 15 is 0 Å². The summed E-state index contributed by atoms with van der Waals surface area (Å²) in [6, 6.07) is 19.4. The van der Waals surface area contributed by atoms with Crippen molar-refractivity contribution in [1.82, 2.24) is 0 Å². The van der Waals surface area contributed by atoms with Crippen LogP contribution in [0.3, 0.4) is 0 Å². The van der Waals surface area contributed by atoms with Gasteiger partial charge in [0.2, 0.25) is 0 Å². The fraction of sp³-hybridized carbons (Fsp3) is 0.222. The summed E-state index contributed by atoms with van der Waals surface area (Å²) in [6.45, 7) is 0.194. The van der Waals surface area contributed by atoms with Crippen LogP contribution >= 0.6 is 7.14 Å². The van der Waals surface area contributed by atoms with E-state index in [0.717, 1.165) is 23.5 Å². The predicted molar refractivity (Wildman–Crippen MR) is 90.1 cm³/mol. The molecule has 3 heteroatoms. The second kappa shape index (κ2) is 7.97. The summed E-state index contributed by atoms with van der Waals surface area (Å²) in [7, 11) is -2.62. The Labute approximate surface area is 126 Å². The lowest BCUT2D eigenvalue weighted by molar-refractivity contribution is 0.289. The molecule has 2 aromatic rings. The molecule has 0 atom stereocenters. The van der Waals surface area contributed by atoms with Crippen molar-refractivity contribution < 1.29 is 9.67 Å². The van der Waals surface area contributed by atoms with Crippen LogP contribution in [0.1, 0.15) is 12.8 Å². The normalized spacial score (nSPS) is 11.9. The van der Waals surface area contributed by atoms with Gasteiger partial charge in [-0.3, -0.25) is 0 Å². The van der Waals surface area contributed by atoms with Gasteiger partial charge in [-0.05, 0) is 12.8 Å². The molecular formula is C18H21O2P. The number of aliphatic hydroxyl groups is 1. The van der Waals surface area contributed by atoms with Crippen LogP contribution in [0, 0.1) is 0 Å². The van der Waals surface area contributed by atoms with Crippen LogP contribution in [-0.4, -0.2) is 17.9 Å². The van der Waals surface area contributed by atoms with Gasteiger partial charge in [0.15, 0.2) is 0 Å². The lowest BCUT2D eigenvalue weighted by Crippen LogP contribution is -2.17. The first-order valence-corrected chi connectivity index (χ1v) is 9.13. The van der Waals surface area contributed by atoms with Crippen LogP contribution < -0.4 is 10.6 Å². The molecule has 0 saturated carbocycles. The number of aliphatic hydroxyl groups excluding tert-OH is 1. The van der Waals surface area contributed by atoms with Crippen molar-refractivity contribution in [3.63, 3.8) is 0 Å². The number of rotatable bonds is 7. The first-order valence-electron chi connectivity index (χ1n) is 7.23. The van der Waals surface area contributed by atoms with E-state index in [-0.39, 0.29) is 6.61 Å². The standard InChI is InChI=1S/C18H21O2P/c19-15-9-1-2-10-16-21(20,17-11-5-3-6-12-17)18-13-7-4-8-14-18/h2-8,10-14,19H,1,9,15-16H2/b10-2+. The monoisotopic (exact) mass is 300 g/mol. The number of hydrogen-bond acceptors (Lipinski definition) is 2. The zero-order valence-corrected chi connectivity index (χ0v) is 13.0. The molecule has 0 amide bonds. The molecule has 1 N–H and O–H groups in total. The van der Waals surface area contributed by atoms with Crippen molar-refractivity contribution in [2.45, 2.75) is 12.8 Å². The second-order valence-corrected chi connectivity index (χ2v) is 7.81. The highest BCUT2D eigenvalue weighted by Gasteiger charge is 2.25. The molecule has 0 saturated heterocycles. The third-order valence-corrected chi connectivity index (χ3v) is 6.39. The Hall–Kier alpha value is -1.63. The topological polar surface area (TPSA) is 37.3 Å². The largest absolute Gasteiger partial charge is 0.396 e. The van der Waals surface area contributed by atoms with E-state index in [2.05, 4.69) is 0 Å². The number of allylic oxidation sites excluding steroid dienone is 2. The van der Waals surface area contributed by atoms with Crippen LogP contribution in [0.4, 0.5) is 0 Å². The molecule has 0 aliphatic rings. The number of hydrogen-bond donors (Lipinski definition) is 1. The SMILES string of the molecule is O=P(C/C=C/CCCO)(c1ccccc1)c1ccccc1. The Balaban J connectivity index is 2.28. The van der Waals surface area contributed by atoms with Crippen molar-refractivity contribution in [2.24, 2.45) is 0 Å². The minimum absolute atomic E-state index is 0.194. The van der Waals surface area contributed by atoms with Gasteiger partial charge in [-0.15, -0.1) is 0 Å². The van der Waals surface area contributed by atoms with Crippen molar-refractivity contribution in [2.75, 3.05) is 12.8 Å². The van der Waals surface area contributed by atoms with Crippen LogP contribution in [0.25, 0.3) is 0 Å². The molecular weight excluding hydrogens is 279 g/mol. The smallest absolute Gasteiger partial charge is 0.146 e. The molecule has 0 bridgehead atoms. The molecule has 0 fully saturated rings. The molecule has 2 nitrogen and oxygen atoms in total. The average Bonchev–Trinajstić information content (AvgIpc) is 2.56. The third kappa shape index (κ3) is 4.17. The minimum Gasteiger partial charge on any atom is -0.396 e. The molecule has 2 aromatic carbocycles. The maximum absolute atomic E-state index is 13.5. The third-order valence-electron chi connectivity index (χ3n) is 3.40. The van der Waals surface area contributed by atoms with E-state index in [1.165, 1.54) is 0 Å². The van der Waals surface area contributed by atoms with Gasteiger partial charge in [0.25, 0.3) is 0 Å². The molecule has 0 heterocycles. The van der Waals surface area contributed by atoms with E-state index in [0.29, 0.717) is 6.16 Å². The second-order valence-electron chi connectivity index (χ2n) is 4.93. The fourth-order valence-corrected chi connectivity index (χ4v) is 4.72. The Kier molecular flexibility index (Phi) is 5.98. The van der Waals surface area contributed by atoms with Crippen molar-refractivity contribution in [3.05, 3.63) is 72.8 Å². The summed E-state index contributed by atoms with van der Waals surface area (Å²) >= 11 is 0. The van der Waals surface area contributed by atoms with Crippen LogP contribution in [0.2, 0.25) is 0 Å². The highest BCUT2D eigenvalue weighted by atomic mass is 31.2. The number of unbranched alkanes of at least 4 members (excludes halogenated alkanes) is 1. The summed E-state index contributed by atoms with van der Waals surface area (Å²) in [5, 5.41) is 10.6. The Morgan fingerprint density at radius 1 is 0.857 bits per heavy atom. The summed E-state index contributed by atoms with van der Waals surface area (Å²) in [4.78, 5) is 0. The number of benzene rings is 2. The molecule has 0 spiro atoms. The van der Waals surface area contributed by atoms with E-state index in [4.69, 9.17) is 5.11 Å². The Bertz CT molecular complexity index is 562. The van der Waals surface area contributed by atoms with Crippen molar-refractivity contribution in [1.29, 1.82) is 0 Å². The first-order chi connectivity index (χ1) is 10.3. The van der Waals surface area contributed by atoms with E-state index < -0.39 is 7.14 Å². The van der Waals surface area contributed by atoms with Crippen LogP contribution in [-0.2, 0) is 4.57 Å². The van der Waals surface area contributed by atoms with Gasteiger partial charge in [0.1, 0.15) is 7.14 Å². The van der Waals surface area contributed by atoms with E-state index in [9.17, 15) is 4.57 Å². The minimum atomic E-state index is -2.62. The average molecular weight is 300 g/mol. The fourth-order valence-electron chi connectivity index (χ4n) is 2.25. The van der Waals surface area contributed by atoms with Crippen molar-refractivity contribution >= 4 is 17.8 Å². The lowest BCUT2D eigenvalue weighted by Gasteiger charge is -2.17. The van der Waals surface area contributed by atoms with Gasteiger partial charge < -0.3 is 9.67 Å². The summed E-state index contributed by atoms with van der Waals surface area (Å²) in [5.41, 5.74) is 0. The summed E-state index contributed by atoms with van der Waals surface area (Å²) in [6.07, 6.45) is 6.08. The maximum Gasteiger partial charge on any atom is 0.146 e. The van der Waals surface area contributed by atoms with E-state index in [1.807, 2.05) is 72.8 Å². The summed E-state index contributed by atoms with van der Waals surface area (Å²) < 4.78 is 13.5. The molecule has 0 radical (unpaired) electrons. The highest BCUT2D eigenvalue weighted by Crippen LogP contribution is 2.43. The first kappa shape index (κ1) is 15.8. The van der Waals surface area contributed by atoms with Crippen molar-refractivity contribution in [3.8, 4) is 0 Å². The van der Waals surface area contributed by atoms with Crippen LogP contribution in [0.5, 0.6) is 0 Å². The maximum atomic E-state index is 13.5. The quantitative estimate of drug-likeness (QED) is 0.484. The summed E-state index contributed by atoms with van der Waals surface area (Å²) in [5.74, 6) is 0. The van der Waals surface area contributed by atoms with Gasteiger partial charge in [-0.2, -0.15) is 0 Å². The van der Waals surface area contributed by atoms with Gasteiger partial charge in [0.05, 0.1) is 0 Å². The van der Waals surface area contributed by atoms with Gasteiger partial charge in [0, 0.05) is 23.4 Å². The van der Waals surface area contributed by atoms with E-state index in [1.54, 1.807) is 0 Å². The predicted octanol–water partition coefficient (Wildman–Crippen LogP) is 3.33. The molecule has 2 rings (SSSR count). The highest BCUT2D eigenvalue weighted by molar-refractivity contribution is 7.78. The lowest BCUT2D eigenvalue weighted by atomic mass is 10.3. The Morgan fingerprint density at radius 3 is 1.86 bits per heavy atom. The molecule has 110 valence electrons. The molecule has 0 aliphatic heterocycles. The van der Waals surface area contributed by atoms with Gasteiger partial charge in [-0.25, -0.2) is 0 Å². The molecule has 0 aliphatic carbocycles. The zero-order chi connectivity index (χ0) is 15.0. The Morgan fingerprint density at radius 2 is 1.38 bits per heavy atom. The molecule has 21 heavy (non-hydrogen) atoms. The zero-order valence-electron chi connectivity index (χ0n) is 12.1. The molecule has 0 unspecified atom stereocenters. The van der Waals surface area contributed by atoms with Crippen LogP contribution in [0.15, 0.2) is 72.8 Å². The molecule has 0 aromatic heterocycles. The van der Waals surface area contributed by atoms with Gasteiger partial charge in [-0.1, -0.05) is 72.8 Å². The van der Waals surface area contributed by atoms with Gasteiger partial charge >= 0.3 is 0 Å².